The van der Waals surface area contributed by atoms with Crippen LogP contribution >= 0.6 is 0 Å². The van der Waals surface area contributed by atoms with Crippen LogP contribution in [-0.2, 0) is 0 Å². The summed E-state index contributed by atoms with van der Waals surface area (Å²) in [6.07, 6.45) is 0. The summed E-state index contributed by atoms with van der Waals surface area (Å²) in [5.74, 6) is -0.214. The number of pyridine rings is 1. The largest absolute Gasteiger partial charge is 0.377 e. The monoisotopic (exact) mass is 280 g/mol. The molecule has 1 N–H and O–H groups in total. The number of hydrogen-bond donors (Lipinski definition) is 1. The lowest BCUT2D eigenvalue weighted by Crippen LogP contribution is -2.07. The number of hydrogen-bond acceptors (Lipinski definition) is 2. The Balaban J connectivity index is 1.94. The van der Waals surface area contributed by atoms with Gasteiger partial charge < -0.3 is 5.32 Å². The fourth-order valence-electron chi connectivity index (χ4n) is 2.43. The van der Waals surface area contributed by atoms with Crippen molar-refractivity contribution < 1.29 is 4.39 Å². The third-order valence-corrected chi connectivity index (χ3v) is 3.60. The average molecular weight is 280 g/mol. The predicted molar refractivity (Wildman–Crippen MR) is 84.9 cm³/mol. The van der Waals surface area contributed by atoms with E-state index in [-0.39, 0.29) is 11.9 Å². The van der Waals surface area contributed by atoms with Crippen molar-refractivity contribution in [2.45, 2.75) is 19.9 Å². The number of para-hydroxylation sites is 1. The van der Waals surface area contributed by atoms with Crippen molar-refractivity contribution >= 4 is 16.6 Å². The van der Waals surface area contributed by atoms with Crippen molar-refractivity contribution in [1.82, 2.24) is 4.98 Å². The van der Waals surface area contributed by atoms with Crippen LogP contribution in [0.15, 0.2) is 54.6 Å². The Kier molecular flexibility index (Phi) is 3.57. The Morgan fingerprint density at radius 2 is 1.76 bits per heavy atom. The second-order valence-corrected chi connectivity index (χ2v) is 5.25. The van der Waals surface area contributed by atoms with E-state index in [1.807, 2.05) is 25.1 Å². The van der Waals surface area contributed by atoms with E-state index in [0.717, 1.165) is 27.8 Å². The van der Waals surface area contributed by atoms with Crippen LogP contribution in [0.1, 0.15) is 24.2 Å². The molecule has 2 nitrogen and oxygen atoms in total. The lowest BCUT2D eigenvalue weighted by atomic mass is 10.1. The van der Waals surface area contributed by atoms with Crippen LogP contribution in [-0.4, -0.2) is 4.98 Å². The van der Waals surface area contributed by atoms with Gasteiger partial charge in [-0.1, -0.05) is 30.3 Å². The second-order valence-electron chi connectivity index (χ2n) is 5.25. The van der Waals surface area contributed by atoms with E-state index in [9.17, 15) is 4.39 Å². The minimum Gasteiger partial charge on any atom is -0.377 e. The zero-order chi connectivity index (χ0) is 14.8. The first-order chi connectivity index (χ1) is 10.1. The number of aryl methyl sites for hydroxylation is 1. The lowest BCUT2D eigenvalue weighted by molar-refractivity contribution is 0.626. The van der Waals surface area contributed by atoms with Gasteiger partial charge in [-0.3, -0.25) is 4.98 Å². The molecule has 0 spiro atoms. The van der Waals surface area contributed by atoms with Gasteiger partial charge in [0.1, 0.15) is 5.82 Å². The van der Waals surface area contributed by atoms with Crippen molar-refractivity contribution in [3.05, 3.63) is 71.7 Å². The zero-order valence-corrected chi connectivity index (χ0v) is 12.1. The third kappa shape index (κ3) is 2.87. The Bertz CT molecular complexity index is 766. The van der Waals surface area contributed by atoms with Gasteiger partial charge in [0.15, 0.2) is 0 Å². The Hall–Kier alpha value is -2.42. The van der Waals surface area contributed by atoms with Gasteiger partial charge in [-0.05, 0) is 43.7 Å². The maximum Gasteiger partial charge on any atom is 0.123 e. The highest BCUT2D eigenvalue weighted by molar-refractivity contribution is 5.90. The van der Waals surface area contributed by atoms with E-state index >= 15 is 0 Å². The molecule has 0 aliphatic heterocycles. The Labute approximate surface area is 123 Å². The summed E-state index contributed by atoms with van der Waals surface area (Å²) in [7, 11) is 0. The molecule has 1 heterocycles. The van der Waals surface area contributed by atoms with E-state index in [1.54, 1.807) is 12.1 Å². The first kappa shape index (κ1) is 13.6. The van der Waals surface area contributed by atoms with Crippen LogP contribution in [0.2, 0.25) is 0 Å². The minimum absolute atomic E-state index is 0.0820. The fourth-order valence-corrected chi connectivity index (χ4v) is 2.43. The molecule has 0 fully saturated rings. The number of nitrogens with zero attached hydrogens (tertiary/aromatic N) is 1. The normalized spacial score (nSPS) is 12.3. The topological polar surface area (TPSA) is 24.9 Å². The van der Waals surface area contributed by atoms with Gasteiger partial charge in [0, 0.05) is 17.1 Å². The number of fused-ring (bicyclic) bond motifs is 1. The highest BCUT2D eigenvalue weighted by atomic mass is 19.1. The molecule has 3 rings (SSSR count). The van der Waals surface area contributed by atoms with Crippen molar-refractivity contribution in [2.75, 3.05) is 5.32 Å². The summed E-state index contributed by atoms with van der Waals surface area (Å²) in [6.45, 7) is 4.04. The van der Waals surface area contributed by atoms with Gasteiger partial charge in [0.05, 0.1) is 11.2 Å². The van der Waals surface area contributed by atoms with Gasteiger partial charge >= 0.3 is 0 Å². The van der Waals surface area contributed by atoms with Crippen molar-refractivity contribution in [3.8, 4) is 0 Å². The first-order valence-electron chi connectivity index (χ1n) is 7.02. The fraction of sp³-hybridized carbons (Fsp3) is 0.167. The van der Waals surface area contributed by atoms with E-state index < -0.39 is 0 Å². The molecule has 1 unspecified atom stereocenters. The molecule has 1 atom stereocenters. The molecule has 3 heteroatoms. The van der Waals surface area contributed by atoms with Crippen molar-refractivity contribution in [3.63, 3.8) is 0 Å². The summed E-state index contributed by atoms with van der Waals surface area (Å²) in [5.41, 5.74) is 3.99. The van der Waals surface area contributed by atoms with E-state index in [4.69, 9.17) is 0 Å². The standard InChI is InChI=1S/C18H17FN2/c1-12-6-7-15-4-3-5-17(18(15)20-12)21-13(2)14-8-10-16(19)11-9-14/h3-11,13,21H,1-2H3. The van der Waals surface area contributed by atoms with Gasteiger partial charge in [0.2, 0.25) is 0 Å². The van der Waals surface area contributed by atoms with Gasteiger partial charge in [-0.25, -0.2) is 4.39 Å². The number of aromatic nitrogens is 1. The molecule has 106 valence electrons. The molecule has 0 amide bonds. The van der Waals surface area contributed by atoms with E-state index in [0.29, 0.717) is 0 Å². The van der Waals surface area contributed by atoms with Crippen LogP contribution in [0.4, 0.5) is 10.1 Å². The summed E-state index contributed by atoms with van der Waals surface area (Å²) < 4.78 is 13.0. The molecule has 0 bridgehead atoms. The highest BCUT2D eigenvalue weighted by Gasteiger charge is 2.08. The quantitative estimate of drug-likeness (QED) is 0.741. The molecule has 0 aliphatic carbocycles. The maximum atomic E-state index is 13.0. The minimum atomic E-state index is -0.214. The number of halogens is 1. The van der Waals surface area contributed by atoms with Crippen LogP contribution in [0.25, 0.3) is 10.9 Å². The second kappa shape index (κ2) is 5.52. The van der Waals surface area contributed by atoms with Gasteiger partial charge in [-0.2, -0.15) is 0 Å². The molecule has 0 aliphatic rings. The predicted octanol–water partition coefficient (Wildman–Crippen LogP) is 4.86. The van der Waals surface area contributed by atoms with Crippen LogP contribution in [0.3, 0.4) is 0 Å². The summed E-state index contributed by atoms with van der Waals surface area (Å²) in [6, 6.07) is 16.8. The molecule has 0 saturated carbocycles. The summed E-state index contributed by atoms with van der Waals surface area (Å²) >= 11 is 0. The number of nitrogens with one attached hydrogen (secondary N) is 1. The summed E-state index contributed by atoms with van der Waals surface area (Å²) in [4.78, 5) is 4.61. The van der Waals surface area contributed by atoms with E-state index in [2.05, 4.69) is 29.4 Å². The van der Waals surface area contributed by atoms with Crippen LogP contribution in [0, 0.1) is 12.7 Å². The highest BCUT2D eigenvalue weighted by Crippen LogP contribution is 2.26. The molecule has 0 saturated heterocycles. The van der Waals surface area contributed by atoms with Crippen molar-refractivity contribution in [1.29, 1.82) is 0 Å². The number of benzene rings is 2. The average Bonchev–Trinajstić information content (AvgIpc) is 2.48. The Morgan fingerprint density at radius 1 is 1.00 bits per heavy atom. The van der Waals surface area contributed by atoms with E-state index in [1.165, 1.54) is 12.1 Å². The van der Waals surface area contributed by atoms with Gasteiger partial charge in [0.25, 0.3) is 0 Å². The molecule has 3 aromatic rings. The molecular formula is C18H17FN2. The molecular weight excluding hydrogens is 263 g/mol. The third-order valence-electron chi connectivity index (χ3n) is 3.60. The lowest BCUT2D eigenvalue weighted by Gasteiger charge is -2.17. The first-order valence-corrected chi connectivity index (χ1v) is 7.02. The van der Waals surface area contributed by atoms with Crippen LogP contribution in [0.5, 0.6) is 0 Å². The van der Waals surface area contributed by atoms with Crippen LogP contribution < -0.4 is 5.32 Å². The van der Waals surface area contributed by atoms with Gasteiger partial charge in [-0.15, -0.1) is 0 Å². The van der Waals surface area contributed by atoms with Crippen molar-refractivity contribution in [2.24, 2.45) is 0 Å². The zero-order valence-electron chi connectivity index (χ0n) is 12.1. The summed E-state index contributed by atoms with van der Waals surface area (Å²) in [5, 5.41) is 4.57. The number of rotatable bonds is 3. The molecule has 2 aromatic carbocycles. The Morgan fingerprint density at radius 3 is 2.52 bits per heavy atom. The molecule has 1 aromatic heterocycles. The number of anilines is 1. The molecule has 21 heavy (non-hydrogen) atoms. The SMILES string of the molecule is Cc1ccc2cccc(NC(C)c3ccc(F)cc3)c2n1. The maximum absolute atomic E-state index is 13.0. The smallest absolute Gasteiger partial charge is 0.123 e. The molecule has 0 radical (unpaired) electrons.